The van der Waals surface area contributed by atoms with Crippen LogP contribution < -0.4 is 5.73 Å². The van der Waals surface area contributed by atoms with E-state index >= 15 is 0 Å². The number of hydrogen-bond acceptors (Lipinski definition) is 2. The minimum Gasteiger partial charge on any atom is -0.334 e. The molecule has 1 fully saturated rings. The molecule has 2 unspecified atom stereocenters. The number of likely N-dealkylation sites (tertiary alicyclic amines) is 1. The van der Waals surface area contributed by atoms with Crippen LogP contribution in [0.1, 0.15) is 30.1 Å². The Morgan fingerprint density at radius 1 is 1.58 bits per heavy atom. The molecule has 1 aromatic rings. The minimum absolute atomic E-state index is 0.0198. The number of carbonyl (C=O) groups is 1. The molecule has 0 spiro atoms. The van der Waals surface area contributed by atoms with E-state index in [0.717, 1.165) is 23.9 Å². The number of hydrogen-bond donors (Lipinski definition) is 1. The number of halogens is 2. The summed E-state index contributed by atoms with van der Waals surface area (Å²) in [6.07, 6.45) is 1.99. The Kier molecular flexibility index (Phi) is 4.87. The first-order chi connectivity index (χ1) is 9.02. The van der Waals surface area contributed by atoms with Crippen molar-refractivity contribution in [1.29, 1.82) is 0 Å². The summed E-state index contributed by atoms with van der Waals surface area (Å²) in [6, 6.07) is 5.46. The predicted molar refractivity (Wildman–Crippen MR) is 81.4 cm³/mol. The topological polar surface area (TPSA) is 46.3 Å². The molecule has 5 heteroatoms. The van der Waals surface area contributed by atoms with Gasteiger partial charge in [0, 0.05) is 23.6 Å². The van der Waals surface area contributed by atoms with Crippen LogP contribution >= 0.6 is 27.5 Å². The smallest absolute Gasteiger partial charge is 0.255 e. The maximum atomic E-state index is 12.6. The Bertz CT molecular complexity index is 481. The second-order valence-electron chi connectivity index (χ2n) is 5.14. The van der Waals surface area contributed by atoms with Gasteiger partial charge in [-0.2, -0.15) is 0 Å². The molecule has 3 nitrogen and oxygen atoms in total. The summed E-state index contributed by atoms with van der Waals surface area (Å²) in [4.78, 5) is 14.5. The summed E-state index contributed by atoms with van der Waals surface area (Å²) in [5.74, 6) is 0.601. The summed E-state index contributed by atoms with van der Waals surface area (Å²) in [6.45, 7) is 3.46. The lowest BCUT2D eigenvalue weighted by molar-refractivity contribution is 0.0574. The zero-order chi connectivity index (χ0) is 14.0. The van der Waals surface area contributed by atoms with Gasteiger partial charge in [-0.3, -0.25) is 4.79 Å². The lowest BCUT2D eigenvalue weighted by Gasteiger charge is -2.38. The van der Waals surface area contributed by atoms with Crippen molar-refractivity contribution in [3.05, 3.63) is 33.3 Å². The molecule has 1 amide bonds. The standard InChI is InChI=1S/C14H18BrClN2O/c1-9-4-5-18(11(6-9)8-17)14(19)12-7-10(15)2-3-13(12)16/h2-3,7,9,11H,4-6,8,17H2,1H3. The Hall–Kier alpha value is -0.580. The van der Waals surface area contributed by atoms with Gasteiger partial charge in [-0.05, 0) is 37.0 Å². The van der Waals surface area contributed by atoms with E-state index in [1.165, 1.54) is 0 Å². The van der Waals surface area contributed by atoms with Crippen molar-refractivity contribution >= 4 is 33.4 Å². The van der Waals surface area contributed by atoms with Gasteiger partial charge in [0.25, 0.3) is 5.91 Å². The van der Waals surface area contributed by atoms with Gasteiger partial charge in [-0.25, -0.2) is 0 Å². The lowest BCUT2D eigenvalue weighted by atomic mass is 9.92. The quantitative estimate of drug-likeness (QED) is 0.894. The van der Waals surface area contributed by atoms with E-state index in [1.807, 2.05) is 11.0 Å². The Morgan fingerprint density at radius 2 is 2.32 bits per heavy atom. The molecule has 19 heavy (non-hydrogen) atoms. The van der Waals surface area contributed by atoms with Crippen molar-refractivity contribution in [2.24, 2.45) is 11.7 Å². The second kappa shape index (κ2) is 6.25. The molecule has 1 heterocycles. The summed E-state index contributed by atoms with van der Waals surface area (Å²) >= 11 is 9.51. The largest absolute Gasteiger partial charge is 0.334 e. The fourth-order valence-electron chi connectivity index (χ4n) is 2.56. The zero-order valence-corrected chi connectivity index (χ0v) is 13.2. The first kappa shape index (κ1) is 14.8. The van der Waals surface area contributed by atoms with Crippen molar-refractivity contribution in [2.45, 2.75) is 25.8 Å². The molecule has 1 aromatic carbocycles. The van der Waals surface area contributed by atoms with E-state index in [2.05, 4.69) is 22.9 Å². The molecule has 1 saturated heterocycles. The molecule has 0 radical (unpaired) electrons. The van der Waals surface area contributed by atoms with Crippen molar-refractivity contribution < 1.29 is 4.79 Å². The lowest BCUT2D eigenvalue weighted by Crippen LogP contribution is -2.49. The number of nitrogens with zero attached hydrogens (tertiary/aromatic N) is 1. The molecule has 2 atom stereocenters. The minimum atomic E-state index is -0.0198. The number of rotatable bonds is 2. The van der Waals surface area contributed by atoms with Crippen LogP contribution in [0.5, 0.6) is 0 Å². The van der Waals surface area contributed by atoms with E-state index in [9.17, 15) is 4.79 Å². The van der Waals surface area contributed by atoms with Crippen LogP contribution in [0.3, 0.4) is 0 Å². The summed E-state index contributed by atoms with van der Waals surface area (Å²) in [7, 11) is 0. The predicted octanol–water partition coefficient (Wildman–Crippen LogP) is 3.30. The van der Waals surface area contributed by atoms with Crippen molar-refractivity contribution in [2.75, 3.05) is 13.1 Å². The Morgan fingerprint density at radius 3 is 3.00 bits per heavy atom. The van der Waals surface area contributed by atoms with Crippen LogP contribution in [0.25, 0.3) is 0 Å². The van der Waals surface area contributed by atoms with Crippen LogP contribution in [0.2, 0.25) is 5.02 Å². The number of nitrogens with two attached hydrogens (primary N) is 1. The van der Waals surface area contributed by atoms with E-state index < -0.39 is 0 Å². The Labute approximate surface area is 127 Å². The molecule has 0 saturated carbocycles. The molecule has 0 aliphatic carbocycles. The molecule has 2 N–H and O–H groups in total. The van der Waals surface area contributed by atoms with Crippen LogP contribution in [0.15, 0.2) is 22.7 Å². The highest BCUT2D eigenvalue weighted by Crippen LogP contribution is 2.27. The van der Waals surface area contributed by atoms with Crippen LogP contribution in [-0.4, -0.2) is 29.9 Å². The molecule has 1 aliphatic heterocycles. The first-order valence-electron chi connectivity index (χ1n) is 6.49. The molecule has 0 bridgehead atoms. The van der Waals surface area contributed by atoms with Gasteiger partial charge < -0.3 is 10.6 Å². The van der Waals surface area contributed by atoms with E-state index in [4.69, 9.17) is 17.3 Å². The maximum Gasteiger partial charge on any atom is 0.255 e. The molecular weight excluding hydrogens is 328 g/mol. The van der Waals surface area contributed by atoms with Gasteiger partial charge in [-0.15, -0.1) is 0 Å². The molecule has 2 rings (SSSR count). The number of benzene rings is 1. The summed E-state index contributed by atoms with van der Waals surface area (Å²) < 4.78 is 0.856. The number of carbonyl (C=O) groups excluding carboxylic acids is 1. The van der Waals surface area contributed by atoms with Crippen LogP contribution in [0.4, 0.5) is 0 Å². The monoisotopic (exact) mass is 344 g/mol. The van der Waals surface area contributed by atoms with Gasteiger partial charge in [-0.1, -0.05) is 34.5 Å². The van der Waals surface area contributed by atoms with Crippen molar-refractivity contribution in [3.63, 3.8) is 0 Å². The maximum absolute atomic E-state index is 12.6. The third kappa shape index (κ3) is 3.30. The second-order valence-corrected chi connectivity index (χ2v) is 6.46. The third-order valence-electron chi connectivity index (χ3n) is 3.67. The highest BCUT2D eigenvalue weighted by Gasteiger charge is 2.30. The highest BCUT2D eigenvalue weighted by molar-refractivity contribution is 9.10. The van der Waals surface area contributed by atoms with Gasteiger partial charge in [0.15, 0.2) is 0 Å². The van der Waals surface area contributed by atoms with E-state index in [0.29, 0.717) is 23.0 Å². The normalized spacial score (nSPS) is 23.5. The van der Waals surface area contributed by atoms with Gasteiger partial charge in [0.1, 0.15) is 0 Å². The van der Waals surface area contributed by atoms with E-state index in [1.54, 1.807) is 12.1 Å². The average Bonchev–Trinajstić information content (AvgIpc) is 2.40. The van der Waals surface area contributed by atoms with E-state index in [-0.39, 0.29) is 11.9 Å². The summed E-state index contributed by atoms with van der Waals surface area (Å²) in [5.41, 5.74) is 6.35. The zero-order valence-electron chi connectivity index (χ0n) is 10.9. The Balaban J connectivity index is 2.25. The highest BCUT2D eigenvalue weighted by atomic mass is 79.9. The molecule has 1 aliphatic rings. The van der Waals surface area contributed by atoms with Gasteiger partial charge in [0.05, 0.1) is 10.6 Å². The molecular formula is C14H18BrClN2O. The fourth-order valence-corrected chi connectivity index (χ4v) is 3.12. The SMILES string of the molecule is CC1CCN(C(=O)c2cc(Br)ccc2Cl)C(CN)C1. The van der Waals surface area contributed by atoms with Gasteiger partial charge in [0.2, 0.25) is 0 Å². The van der Waals surface area contributed by atoms with Crippen molar-refractivity contribution in [1.82, 2.24) is 4.90 Å². The van der Waals surface area contributed by atoms with Crippen LogP contribution in [-0.2, 0) is 0 Å². The average molecular weight is 346 g/mol. The first-order valence-corrected chi connectivity index (χ1v) is 7.66. The number of amides is 1. The van der Waals surface area contributed by atoms with Gasteiger partial charge >= 0.3 is 0 Å². The van der Waals surface area contributed by atoms with Crippen molar-refractivity contribution in [3.8, 4) is 0 Å². The summed E-state index contributed by atoms with van der Waals surface area (Å²) in [5, 5.41) is 0.489. The number of piperidine rings is 1. The fraction of sp³-hybridized carbons (Fsp3) is 0.500. The molecule has 0 aromatic heterocycles. The molecule has 104 valence electrons. The van der Waals surface area contributed by atoms with Crippen LogP contribution in [0, 0.1) is 5.92 Å². The third-order valence-corrected chi connectivity index (χ3v) is 4.49.